The number of carboxylic acids is 1. The molecule has 7 nitrogen and oxygen atoms in total. The van der Waals surface area contributed by atoms with Gasteiger partial charge in [-0.05, 0) is 6.92 Å². The van der Waals surface area contributed by atoms with Crippen LogP contribution in [0.15, 0.2) is 15.3 Å². The lowest BCUT2D eigenvalue weighted by atomic mass is 9.92. The number of aliphatic carboxylic acids is 1. The zero-order valence-electron chi connectivity index (χ0n) is 11.4. The molecule has 1 aromatic rings. The number of aliphatic hydroxyl groups excluding tert-OH is 1. The molecule has 3 heterocycles. The number of nitrogens with two attached hydrogens (primary N) is 1. The van der Waals surface area contributed by atoms with Crippen molar-refractivity contribution < 1.29 is 19.8 Å². The molecule has 118 valence electrons. The SMILES string of the molecule is CC(O)[C@H]1C(=O)N2C(C(=O)O)=C(SCc3csc(N)n3)S[C@H]12. The largest absolute Gasteiger partial charge is 0.477 e. The van der Waals surface area contributed by atoms with Crippen LogP contribution in [0.4, 0.5) is 5.13 Å². The highest BCUT2D eigenvalue weighted by Crippen LogP contribution is 2.54. The van der Waals surface area contributed by atoms with Crippen molar-refractivity contribution in [3.63, 3.8) is 0 Å². The summed E-state index contributed by atoms with van der Waals surface area (Å²) in [5.41, 5.74) is 6.35. The predicted molar refractivity (Wildman–Crippen MR) is 85.9 cm³/mol. The van der Waals surface area contributed by atoms with Crippen LogP contribution >= 0.6 is 34.9 Å². The third kappa shape index (κ3) is 2.49. The Labute approximate surface area is 138 Å². The van der Waals surface area contributed by atoms with E-state index >= 15 is 0 Å². The van der Waals surface area contributed by atoms with Gasteiger partial charge in [0, 0.05) is 11.1 Å². The van der Waals surface area contributed by atoms with E-state index in [1.54, 1.807) is 6.92 Å². The van der Waals surface area contributed by atoms with Gasteiger partial charge in [-0.1, -0.05) is 11.8 Å². The van der Waals surface area contributed by atoms with Crippen molar-refractivity contribution in [1.82, 2.24) is 9.88 Å². The molecule has 4 N–H and O–H groups in total. The van der Waals surface area contributed by atoms with E-state index in [1.165, 1.54) is 39.8 Å². The first kappa shape index (κ1) is 15.7. The van der Waals surface area contributed by atoms with Gasteiger partial charge in [-0.2, -0.15) is 0 Å². The highest BCUT2D eigenvalue weighted by molar-refractivity contribution is 8.22. The summed E-state index contributed by atoms with van der Waals surface area (Å²) in [5, 5.41) is 21.0. The summed E-state index contributed by atoms with van der Waals surface area (Å²) in [6.45, 7) is 1.55. The van der Waals surface area contributed by atoms with Gasteiger partial charge in [0.25, 0.3) is 0 Å². The fraction of sp³-hybridized carbons (Fsp3) is 0.417. The number of thioether (sulfide) groups is 2. The summed E-state index contributed by atoms with van der Waals surface area (Å²) in [4.78, 5) is 28.9. The lowest BCUT2D eigenvalue weighted by Crippen LogP contribution is -2.60. The van der Waals surface area contributed by atoms with Crippen molar-refractivity contribution in [3.8, 4) is 0 Å². The average Bonchev–Trinajstić information content (AvgIpc) is 2.97. The molecule has 0 radical (unpaired) electrons. The van der Waals surface area contributed by atoms with Gasteiger partial charge in [-0.15, -0.1) is 23.1 Å². The molecule has 0 spiro atoms. The predicted octanol–water partition coefficient (Wildman–Crippen LogP) is 1.12. The van der Waals surface area contributed by atoms with Crippen molar-refractivity contribution >= 4 is 51.9 Å². The molecule has 0 saturated carbocycles. The van der Waals surface area contributed by atoms with Crippen molar-refractivity contribution in [1.29, 1.82) is 0 Å². The van der Waals surface area contributed by atoms with E-state index in [0.717, 1.165) is 5.69 Å². The summed E-state index contributed by atoms with van der Waals surface area (Å²) in [7, 11) is 0. The van der Waals surface area contributed by atoms with E-state index in [9.17, 15) is 19.8 Å². The van der Waals surface area contributed by atoms with Gasteiger partial charge in [0.05, 0.1) is 22.0 Å². The number of hydrogen-bond acceptors (Lipinski definition) is 8. The third-order valence-corrected chi connectivity index (χ3v) is 6.80. The number of thiazole rings is 1. The summed E-state index contributed by atoms with van der Waals surface area (Å²) in [6, 6.07) is 0. The standard InChI is InChI=1S/C12H13N3O4S3/c1-4(16)6-8(17)15-7(10(18)19)11(22-9(6)15)20-2-5-3-21-12(13)14-5/h3-4,6,9,16H,2H2,1H3,(H2,13,14)(H,18,19)/t4?,6-,9+/m0/s1. The highest BCUT2D eigenvalue weighted by atomic mass is 32.2. The Hall–Kier alpha value is -1.23. The van der Waals surface area contributed by atoms with E-state index in [2.05, 4.69) is 4.98 Å². The van der Waals surface area contributed by atoms with Crippen LogP contribution in [0.3, 0.4) is 0 Å². The zero-order chi connectivity index (χ0) is 16.0. The first-order valence-corrected chi connectivity index (χ1v) is 9.12. The average molecular weight is 359 g/mol. The molecule has 3 atom stereocenters. The molecule has 10 heteroatoms. The number of aromatic nitrogens is 1. The fourth-order valence-corrected chi connectivity index (χ4v) is 5.86. The number of amides is 1. The number of anilines is 1. The van der Waals surface area contributed by atoms with E-state index in [0.29, 0.717) is 15.1 Å². The molecule has 3 rings (SSSR count). The topological polar surface area (TPSA) is 117 Å². The number of β-lactam (4-membered cyclic amide) rings is 1. The number of hydrogen-bond donors (Lipinski definition) is 3. The van der Waals surface area contributed by atoms with Crippen LogP contribution in [-0.2, 0) is 15.3 Å². The third-order valence-electron chi connectivity index (χ3n) is 3.39. The van der Waals surface area contributed by atoms with Gasteiger partial charge in [0.15, 0.2) is 10.8 Å². The monoisotopic (exact) mass is 359 g/mol. The molecule has 1 aromatic heterocycles. The summed E-state index contributed by atoms with van der Waals surface area (Å²) in [5.74, 6) is -1.53. The second-order valence-corrected chi connectivity index (χ2v) is 8.15. The number of nitrogens with zero attached hydrogens (tertiary/aromatic N) is 2. The molecule has 1 amide bonds. The Kier molecular flexibility index (Phi) is 4.10. The Morgan fingerprint density at radius 3 is 2.91 bits per heavy atom. The second kappa shape index (κ2) is 5.76. The molecular formula is C12H13N3O4S3. The summed E-state index contributed by atoms with van der Waals surface area (Å²) in [6.07, 6.45) is -0.793. The smallest absolute Gasteiger partial charge is 0.354 e. The molecule has 1 unspecified atom stereocenters. The van der Waals surface area contributed by atoms with Crippen molar-refractivity contribution in [2.75, 3.05) is 5.73 Å². The normalized spacial score (nSPS) is 25.2. The fourth-order valence-electron chi connectivity index (χ4n) is 2.38. The van der Waals surface area contributed by atoms with E-state index in [1.807, 2.05) is 5.38 Å². The van der Waals surface area contributed by atoms with Crippen LogP contribution in [0.2, 0.25) is 0 Å². The van der Waals surface area contributed by atoms with E-state index in [4.69, 9.17) is 5.73 Å². The minimum atomic E-state index is -1.13. The zero-order valence-corrected chi connectivity index (χ0v) is 13.9. The van der Waals surface area contributed by atoms with Crippen molar-refractivity contribution in [2.24, 2.45) is 5.92 Å². The molecule has 0 bridgehead atoms. The Morgan fingerprint density at radius 1 is 1.64 bits per heavy atom. The maximum absolute atomic E-state index is 12.0. The Bertz CT molecular complexity index is 672. The molecule has 1 fully saturated rings. The maximum atomic E-state index is 12.0. The number of carbonyl (C=O) groups is 2. The molecule has 2 aliphatic heterocycles. The highest BCUT2D eigenvalue weighted by Gasteiger charge is 2.57. The number of aliphatic hydroxyl groups is 1. The number of carboxylic acid groups (broad SMARTS) is 1. The van der Waals surface area contributed by atoms with Crippen LogP contribution in [0.25, 0.3) is 0 Å². The molecule has 0 aromatic carbocycles. The maximum Gasteiger partial charge on any atom is 0.354 e. The quantitative estimate of drug-likeness (QED) is 0.670. The van der Waals surface area contributed by atoms with E-state index < -0.39 is 18.0 Å². The first-order valence-electron chi connectivity index (χ1n) is 6.38. The van der Waals surface area contributed by atoms with Gasteiger partial charge in [0.2, 0.25) is 5.91 Å². The molecule has 1 saturated heterocycles. The van der Waals surface area contributed by atoms with E-state index in [-0.39, 0.29) is 17.0 Å². The van der Waals surface area contributed by atoms with Gasteiger partial charge in [-0.3, -0.25) is 9.69 Å². The van der Waals surface area contributed by atoms with Gasteiger partial charge in [-0.25, -0.2) is 9.78 Å². The lowest BCUT2D eigenvalue weighted by Gasteiger charge is -2.43. The Morgan fingerprint density at radius 2 is 2.36 bits per heavy atom. The van der Waals surface area contributed by atoms with Gasteiger partial charge in [0.1, 0.15) is 5.37 Å². The van der Waals surface area contributed by atoms with Crippen LogP contribution in [0, 0.1) is 5.92 Å². The molecule has 22 heavy (non-hydrogen) atoms. The number of rotatable bonds is 5. The molecule has 0 aliphatic carbocycles. The van der Waals surface area contributed by atoms with Crippen LogP contribution in [0.5, 0.6) is 0 Å². The Balaban J connectivity index is 1.78. The van der Waals surface area contributed by atoms with Crippen LogP contribution in [-0.4, -0.2) is 43.5 Å². The number of fused-ring (bicyclic) bond motifs is 1. The van der Waals surface area contributed by atoms with Gasteiger partial charge >= 0.3 is 5.97 Å². The van der Waals surface area contributed by atoms with Crippen molar-refractivity contribution in [3.05, 3.63) is 21.0 Å². The molecular weight excluding hydrogens is 346 g/mol. The summed E-state index contributed by atoms with van der Waals surface area (Å²) < 4.78 is 0.570. The minimum absolute atomic E-state index is 0.00472. The van der Waals surface area contributed by atoms with Gasteiger partial charge < -0.3 is 15.9 Å². The summed E-state index contributed by atoms with van der Waals surface area (Å²) >= 11 is 3.97. The first-order chi connectivity index (χ1) is 10.4. The van der Waals surface area contributed by atoms with Crippen molar-refractivity contribution in [2.45, 2.75) is 24.2 Å². The second-order valence-electron chi connectivity index (χ2n) is 4.89. The van der Waals surface area contributed by atoms with Crippen LogP contribution < -0.4 is 5.73 Å². The van der Waals surface area contributed by atoms with Crippen LogP contribution in [0.1, 0.15) is 12.6 Å². The number of nitrogen functional groups attached to an aromatic ring is 1. The lowest BCUT2D eigenvalue weighted by molar-refractivity contribution is -0.156. The molecule has 2 aliphatic rings. The minimum Gasteiger partial charge on any atom is -0.477 e. The number of carbonyl (C=O) groups excluding carboxylic acids is 1.